The molecule has 0 N–H and O–H groups in total. The molecule has 20 heavy (non-hydrogen) atoms. The Morgan fingerprint density at radius 3 is 2.40 bits per heavy atom. The molecule has 2 rings (SSSR count). The highest BCUT2D eigenvalue weighted by Crippen LogP contribution is 2.17. The Labute approximate surface area is 118 Å². The van der Waals surface area contributed by atoms with Crippen LogP contribution in [0.15, 0.2) is 47.5 Å². The molecule has 3 heteroatoms. The van der Waals surface area contributed by atoms with Gasteiger partial charge in [-0.15, -0.1) is 0 Å². The smallest absolute Gasteiger partial charge is 0.338 e. The molecule has 2 aromatic carbocycles. The lowest BCUT2D eigenvalue weighted by molar-refractivity contribution is 0.0600. The molecular weight excluding hydrogens is 250 g/mol. The number of methoxy groups -OCH3 is 1. The van der Waals surface area contributed by atoms with Gasteiger partial charge in [-0.1, -0.05) is 24.3 Å². The molecule has 102 valence electrons. The van der Waals surface area contributed by atoms with Crippen LogP contribution in [0, 0.1) is 13.8 Å². The van der Waals surface area contributed by atoms with Crippen LogP contribution in [0.3, 0.4) is 0 Å². The molecule has 0 spiro atoms. The minimum atomic E-state index is -0.354. The monoisotopic (exact) mass is 267 g/mol. The normalized spacial score (nSPS) is 10.8. The lowest BCUT2D eigenvalue weighted by atomic mass is 10.1. The van der Waals surface area contributed by atoms with Crippen LogP contribution in [-0.2, 0) is 4.74 Å². The van der Waals surface area contributed by atoms with Gasteiger partial charge in [-0.05, 0) is 43.2 Å². The molecule has 0 aromatic heterocycles. The van der Waals surface area contributed by atoms with E-state index in [2.05, 4.69) is 11.1 Å². The van der Waals surface area contributed by atoms with Crippen LogP contribution in [0.4, 0.5) is 5.69 Å². The van der Waals surface area contributed by atoms with Crippen LogP contribution in [0.2, 0.25) is 0 Å². The average molecular weight is 267 g/mol. The number of nitrogens with zero attached hydrogens (tertiary/aromatic N) is 1. The number of aryl methyl sites for hydroxylation is 2. The molecule has 0 unspecified atom stereocenters. The number of carbonyl (C=O) groups is 1. The summed E-state index contributed by atoms with van der Waals surface area (Å²) in [6.07, 6.45) is 1.69. The van der Waals surface area contributed by atoms with Crippen molar-refractivity contribution in [3.8, 4) is 0 Å². The maximum atomic E-state index is 11.7. The van der Waals surface area contributed by atoms with Crippen LogP contribution in [0.25, 0.3) is 0 Å². The predicted octanol–water partition coefficient (Wildman–Crippen LogP) is 3.84. The minimum absolute atomic E-state index is 0.354. The van der Waals surface area contributed by atoms with Gasteiger partial charge in [0.15, 0.2) is 0 Å². The van der Waals surface area contributed by atoms with Gasteiger partial charge in [0.25, 0.3) is 0 Å². The molecule has 0 heterocycles. The summed E-state index contributed by atoms with van der Waals surface area (Å²) in [5, 5.41) is 0. The van der Waals surface area contributed by atoms with Crippen molar-refractivity contribution in [1.82, 2.24) is 0 Å². The maximum absolute atomic E-state index is 11.7. The van der Waals surface area contributed by atoms with Gasteiger partial charge in [0.2, 0.25) is 0 Å². The number of esters is 1. The number of carbonyl (C=O) groups excluding carboxylic acids is 1. The molecule has 0 aliphatic heterocycles. The van der Waals surface area contributed by atoms with Crippen LogP contribution in [0.5, 0.6) is 0 Å². The summed E-state index contributed by atoms with van der Waals surface area (Å²) in [6, 6.07) is 13.4. The van der Waals surface area contributed by atoms with Crippen LogP contribution >= 0.6 is 0 Å². The molecule has 2 aromatic rings. The van der Waals surface area contributed by atoms with Crippen molar-refractivity contribution in [2.75, 3.05) is 7.11 Å². The summed E-state index contributed by atoms with van der Waals surface area (Å²) in [5.74, 6) is -0.354. The number of hydrogen-bond acceptors (Lipinski definition) is 3. The van der Waals surface area contributed by atoms with Gasteiger partial charge in [-0.2, -0.15) is 0 Å². The Kier molecular flexibility index (Phi) is 4.31. The van der Waals surface area contributed by atoms with Crippen molar-refractivity contribution >= 4 is 17.9 Å². The van der Waals surface area contributed by atoms with E-state index in [9.17, 15) is 4.79 Å². The summed E-state index contributed by atoms with van der Waals surface area (Å²) in [6.45, 7) is 4.07. The lowest BCUT2D eigenvalue weighted by Gasteiger charge is -2.03. The van der Waals surface area contributed by atoms with Crippen molar-refractivity contribution in [3.05, 3.63) is 64.7 Å². The quantitative estimate of drug-likeness (QED) is 0.626. The van der Waals surface area contributed by atoms with Crippen molar-refractivity contribution in [2.45, 2.75) is 13.8 Å². The van der Waals surface area contributed by atoms with Crippen LogP contribution < -0.4 is 0 Å². The first kappa shape index (κ1) is 14.0. The van der Waals surface area contributed by atoms with E-state index in [0.717, 1.165) is 11.3 Å². The number of hydrogen-bond donors (Lipinski definition) is 0. The molecule has 0 aliphatic carbocycles. The Balaban J connectivity index is 2.34. The highest BCUT2D eigenvalue weighted by molar-refractivity contribution is 5.99. The fourth-order valence-electron chi connectivity index (χ4n) is 2.07. The molecule has 0 aliphatic rings. The SMILES string of the molecule is COC(=O)c1ccccc1C=Nc1cc(C)cc(C)c1. The Morgan fingerprint density at radius 1 is 1.10 bits per heavy atom. The molecule has 0 saturated heterocycles. The zero-order valence-electron chi connectivity index (χ0n) is 11.9. The van der Waals surface area contributed by atoms with Gasteiger partial charge >= 0.3 is 5.97 Å². The van der Waals surface area contributed by atoms with Gasteiger partial charge in [0, 0.05) is 11.8 Å². The first-order chi connectivity index (χ1) is 9.60. The van der Waals surface area contributed by atoms with Crippen LogP contribution in [-0.4, -0.2) is 19.3 Å². The Hall–Kier alpha value is -2.42. The first-order valence-corrected chi connectivity index (χ1v) is 6.40. The molecule has 0 radical (unpaired) electrons. The van der Waals surface area contributed by atoms with E-state index in [0.29, 0.717) is 5.56 Å². The van der Waals surface area contributed by atoms with E-state index in [1.807, 2.05) is 38.1 Å². The molecule has 0 fully saturated rings. The van der Waals surface area contributed by atoms with E-state index < -0.39 is 0 Å². The number of benzene rings is 2. The third-order valence-electron chi connectivity index (χ3n) is 2.93. The molecule has 0 amide bonds. The van der Waals surface area contributed by atoms with Gasteiger partial charge in [0.05, 0.1) is 18.4 Å². The van der Waals surface area contributed by atoms with Gasteiger partial charge in [0.1, 0.15) is 0 Å². The van der Waals surface area contributed by atoms with Crippen LogP contribution in [0.1, 0.15) is 27.0 Å². The minimum Gasteiger partial charge on any atom is -0.465 e. The topological polar surface area (TPSA) is 38.7 Å². The summed E-state index contributed by atoms with van der Waals surface area (Å²) < 4.78 is 4.77. The lowest BCUT2D eigenvalue weighted by Crippen LogP contribution is -2.04. The first-order valence-electron chi connectivity index (χ1n) is 6.40. The van der Waals surface area contributed by atoms with Gasteiger partial charge in [-0.25, -0.2) is 4.79 Å². The molecule has 0 bridgehead atoms. The molecule has 0 saturated carbocycles. The maximum Gasteiger partial charge on any atom is 0.338 e. The summed E-state index contributed by atoms with van der Waals surface area (Å²) in [7, 11) is 1.38. The number of rotatable bonds is 3. The third-order valence-corrected chi connectivity index (χ3v) is 2.93. The summed E-state index contributed by atoms with van der Waals surface area (Å²) in [4.78, 5) is 16.1. The van der Waals surface area contributed by atoms with Crippen molar-refractivity contribution in [3.63, 3.8) is 0 Å². The molecule has 3 nitrogen and oxygen atoms in total. The zero-order valence-corrected chi connectivity index (χ0v) is 11.9. The number of aliphatic imine (C=N–C) groups is 1. The van der Waals surface area contributed by atoms with Gasteiger partial charge in [-0.3, -0.25) is 4.99 Å². The van der Waals surface area contributed by atoms with Crippen molar-refractivity contribution in [1.29, 1.82) is 0 Å². The predicted molar refractivity (Wildman–Crippen MR) is 81.0 cm³/mol. The van der Waals surface area contributed by atoms with Gasteiger partial charge < -0.3 is 4.74 Å². The second-order valence-electron chi connectivity index (χ2n) is 4.68. The van der Waals surface area contributed by atoms with E-state index in [-0.39, 0.29) is 5.97 Å². The largest absolute Gasteiger partial charge is 0.465 e. The fraction of sp³-hybridized carbons (Fsp3) is 0.176. The highest BCUT2D eigenvalue weighted by atomic mass is 16.5. The highest BCUT2D eigenvalue weighted by Gasteiger charge is 2.08. The standard InChI is InChI=1S/C17H17NO2/c1-12-8-13(2)10-15(9-12)18-11-14-6-4-5-7-16(14)17(19)20-3/h4-11H,1-3H3. The average Bonchev–Trinajstić information content (AvgIpc) is 2.43. The van der Waals surface area contributed by atoms with E-state index in [4.69, 9.17) is 4.74 Å². The Morgan fingerprint density at radius 2 is 1.75 bits per heavy atom. The fourth-order valence-corrected chi connectivity index (χ4v) is 2.07. The van der Waals surface area contributed by atoms with E-state index in [1.54, 1.807) is 18.3 Å². The van der Waals surface area contributed by atoms with Crippen molar-refractivity contribution < 1.29 is 9.53 Å². The molecule has 0 atom stereocenters. The van der Waals surface area contributed by atoms with E-state index in [1.165, 1.54) is 18.2 Å². The van der Waals surface area contributed by atoms with E-state index >= 15 is 0 Å². The summed E-state index contributed by atoms with van der Waals surface area (Å²) in [5.41, 5.74) is 4.47. The second kappa shape index (κ2) is 6.15. The molecular formula is C17H17NO2. The third kappa shape index (κ3) is 3.32. The number of ether oxygens (including phenoxy) is 1. The second-order valence-corrected chi connectivity index (χ2v) is 4.68. The summed E-state index contributed by atoms with van der Waals surface area (Å²) >= 11 is 0. The Bertz CT molecular complexity index is 640. The zero-order chi connectivity index (χ0) is 14.5. The van der Waals surface area contributed by atoms with Crippen molar-refractivity contribution in [2.24, 2.45) is 4.99 Å².